The number of aromatic nitrogens is 2. The fraction of sp³-hybridized carbons (Fsp3) is 0.750. The molecule has 88 valence electrons. The molecular formula is C12H24N2O. The molecule has 1 aromatic heterocycles. The molecule has 0 aliphatic heterocycles. The van der Waals surface area contributed by atoms with Crippen molar-refractivity contribution in [1.29, 1.82) is 0 Å². The smallest absolute Gasteiger partial charge is 0.204 e. The average Bonchev–Trinajstić information content (AvgIpc) is 2.38. The maximum absolute atomic E-state index is 2.37. The highest BCUT2D eigenvalue weighted by Crippen LogP contribution is 2.04. The second kappa shape index (κ2) is 6.62. The van der Waals surface area contributed by atoms with Crippen LogP contribution in [0.25, 0.3) is 0 Å². The maximum Gasteiger partial charge on any atom is 0.204 e. The van der Waals surface area contributed by atoms with Gasteiger partial charge in [-0.2, -0.15) is 4.68 Å². The van der Waals surface area contributed by atoms with E-state index >= 15 is 0 Å². The number of aryl methyl sites for hydroxylation is 2. The van der Waals surface area contributed by atoms with Crippen molar-refractivity contribution in [3.05, 3.63) is 17.5 Å². The molecule has 0 atom stereocenters. The van der Waals surface area contributed by atoms with Crippen LogP contribution >= 0.6 is 0 Å². The van der Waals surface area contributed by atoms with E-state index in [2.05, 4.69) is 43.2 Å². The molecule has 1 aromatic rings. The van der Waals surface area contributed by atoms with Crippen LogP contribution in [-0.4, -0.2) is 10.2 Å². The lowest BCUT2D eigenvalue weighted by atomic mass is 10.2. The Bertz CT molecular complexity index is 292. The standard InChI is InChI=1S/C12H23N2.H2O/c1-5-6-7-8-9-14-12(3)10-11(2)13(14)4;/h10H,5-9H2,1-4H3;1H2/q+1;/p-1. The van der Waals surface area contributed by atoms with E-state index in [4.69, 9.17) is 0 Å². The second-order valence-electron chi connectivity index (χ2n) is 4.13. The van der Waals surface area contributed by atoms with Gasteiger partial charge in [-0.25, -0.2) is 0 Å². The lowest BCUT2D eigenvalue weighted by Crippen LogP contribution is -2.41. The normalized spacial score (nSPS) is 10.1. The summed E-state index contributed by atoms with van der Waals surface area (Å²) >= 11 is 0. The van der Waals surface area contributed by atoms with Gasteiger partial charge in [0.2, 0.25) is 5.69 Å². The molecule has 0 aliphatic rings. The Balaban J connectivity index is 0.00000196. The van der Waals surface area contributed by atoms with Crippen molar-refractivity contribution in [2.75, 3.05) is 0 Å². The molecule has 15 heavy (non-hydrogen) atoms. The number of nitrogens with zero attached hydrogens (tertiary/aromatic N) is 2. The van der Waals surface area contributed by atoms with E-state index < -0.39 is 0 Å². The van der Waals surface area contributed by atoms with Crippen LogP contribution in [0.15, 0.2) is 6.07 Å². The molecular weight excluding hydrogens is 188 g/mol. The van der Waals surface area contributed by atoms with Gasteiger partial charge in [-0.1, -0.05) is 26.2 Å². The van der Waals surface area contributed by atoms with Crippen LogP contribution in [0.5, 0.6) is 0 Å². The SMILES string of the molecule is CCCCCCn1c(C)cc(C)[n+]1C.[OH-]. The summed E-state index contributed by atoms with van der Waals surface area (Å²) < 4.78 is 4.62. The summed E-state index contributed by atoms with van der Waals surface area (Å²) in [7, 11) is 2.14. The zero-order valence-electron chi connectivity index (χ0n) is 10.5. The Hall–Kier alpha value is -0.830. The summed E-state index contributed by atoms with van der Waals surface area (Å²) in [6, 6.07) is 2.25. The average molecular weight is 212 g/mol. The monoisotopic (exact) mass is 212 g/mol. The van der Waals surface area contributed by atoms with E-state index in [9.17, 15) is 0 Å². The van der Waals surface area contributed by atoms with Crippen molar-refractivity contribution >= 4 is 0 Å². The molecule has 0 saturated heterocycles. The van der Waals surface area contributed by atoms with E-state index in [-0.39, 0.29) is 5.48 Å². The number of unbranched alkanes of at least 4 members (excludes halogenated alkanes) is 3. The first-order chi connectivity index (χ1) is 6.66. The van der Waals surface area contributed by atoms with Gasteiger partial charge in [0.1, 0.15) is 0 Å². The van der Waals surface area contributed by atoms with E-state index in [1.54, 1.807) is 0 Å². The van der Waals surface area contributed by atoms with Gasteiger partial charge < -0.3 is 5.48 Å². The third kappa shape index (κ3) is 3.67. The maximum atomic E-state index is 2.37. The fourth-order valence-corrected chi connectivity index (χ4v) is 1.91. The Kier molecular flexibility index (Phi) is 6.25. The van der Waals surface area contributed by atoms with Crippen molar-refractivity contribution in [2.24, 2.45) is 7.05 Å². The largest absolute Gasteiger partial charge is 0.870 e. The first-order valence-electron chi connectivity index (χ1n) is 5.70. The molecule has 0 bridgehead atoms. The molecule has 0 spiro atoms. The molecule has 3 heteroatoms. The quantitative estimate of drug-likeness (QED) is 0.545. The van der Waals surface area contributed by atoms with Gasteiger partial charge in [-0.05, 0) is 13.3 Å². The van der Waals surface area contributed by atoms with Crippen LogP contribution in [0.2, 0.25) is 0 Å². The molecule has 1 rings (SSSR count). The van der Waals surface area contributed by atoms with Gasteiger partial charge in [-0.15, -0.1) is 4.68 Å². The zero-order chi connectivity index (χ0) is 10.6. The molecule has 0 fully saturated rings. The van der Waals surface area contributed by atoms with Crippen molar-refractivity contribution in [2.45, 2.75) is 53.0 Å². The Morgan fingerprint density at radius 3 is 2.33 bits per heavy atom. The minimum Gasteiger partial charge on any atom is -0.870 e. The van der Waals surface area contributed by atoms with Gasteiger partial charge in [-0.3, -0.25) is 0 Å². The van der Waals surface area contributed by atoms with Gasteiger partial charge in [0, 0.05) is 13.0 Å². The van der Waals surface area contributed by atoms with Gasteiger partial charge >= 0.3 is 0 Å². The topological polar surface area (TPSA) is 38.8 Å². The number of hydrogen-bond donors (Lipinski definition) is 0. The van der Waals surface area contributed by atoms with E-state index in [0.717, 1.165) is 6.54 Å². The predicted molar refractivity (Wildman–Crippen MR) is 61.2 cm³/mol. The van der Waals surface area contributed by atoms with Crippen molar-refractivity contribution < 1.29 is 10.2 Å². The molecule has 0 aliphatic carbocycles. The summed E-state index contributed by atoms with van der Waals surface area (Å²) in [5.74, 6) is 0. The molecule has 0 aromatic carbocycles. The molecule has 3 nitrogen and oxygen atoms in total. The van der Waals surface area contributed by atoms with Gasteiger partial charge in [0.25, 0.3) is 0 Å². The Morgan fingerprint density at radius 2 is 1.87 bits per heavy atom. The third-order valence-electron chi connectivity index (χ3n) is 2.92. The van der Waals surface area contributed by atoms with Gasteiger partial charge in [0.05, 0.1) is 12.2 Å². The first-order valence-corrected chi connectivity index (χ1v) is 5.70. The lowest BCUT2D eigenvalue weighted by molar-refractivity contribution is -0.759. The van der Waals surface area contributed by atoms with Gasteiger partial charge in [0.15, 0.2) is 7.05 Å². The third-order valence-corrected chi connectivity index (χ3v) is 2.92. The van der Waals surface area contributed by atoms with Crippen LogP contribution in [0.3, 0.4) is 0 Å². The summed E-state index contributed by atoms with van der Waals surface area (Å²) in [4.78, 5) is 0. The fourth-order valence-electron chi connectivity index (χ4n) is 1.91. The molecule has 1 heterocycles. The molecule has 0 unspecified atom stereocenters. The first kappa shape index (κ1) is 14.2. The van der Waals surface area contributed by atoms with Crippen molar-refractivity contribution in [1.82, 2.24) is 4.68 Å². The van der Waals surface area contributed by atoms with E-state index in [1.807, 2.05) is 0 Å². The van der Waals surface area contributed by atoms with Crippen LogP contribution in [0, 0.1) is 13.8 Å². The lowest BCUT2D eigenvalue weighted by Gasteiger charge is -2.02. The van der Waals surface area contributed by atoms with Crippen LogP contribution in [-0.2, 0) is 13.6 Å². The van der Waals surface area contributed by atoms with Crippen molar-refractivity contribution in [3.63, 3.8) is 0 Å². The molecule has 0 saturated carbocycles. The molecule has 0 radical (unpaired) electrons. The molecule has 0 amide bonds. The minimum atomic E-state index is 0. The van der Waals surface area contributed by atoms with Crippen LogP contribution in [0.1, 0.15) is 44.0 Å². The Morgan fingerprint density at radius 1 is 1.20 bits per heavy atom. The zero-order valence-corrected chi connectivity index (χ0v) is 10.5. The highest BCUT2D eigenvalue weighted by atomic mass is 16.0. The number of rotatable bonds is 5. The predicted octanol–water partition coefficient (Wildman–Crippen LogP) is 2.33. The summed E-state index contributed by atoms with van der Waals surface area (Å²) in [5.41, 5.74) is 2.72. The summed E-state index contributed by atoms with van der Waals surface area (Å²) in [6.45, 7) is 7.77. The van der Waals surface area contributed by atoms with E-state index in [1.165, 1.54) is 37.1 Å². The van der Waals surface area contributed by atoms with E-state index in [0.29, 0.717) is 0 Å². The molecule has 1 N–H and O–H groups in total. The number of hydrogen-bond acceptors (Lipinski definition) is 1. The highest BCUT2D eigenvalue weighted by molar-refractivity contribution is 5.01. The highest BCUT2D eigenvalue weighted by Gasteiger charge is 2.11. The minimum absolute atomic E-state index is 0. The van der Waals surface area contributed by atoms with Crippen molar-refractivity contribution in [3.8, 4) is 0 Å². The summed E-state index contributed by atoms with van der Waals surface area (Å²) in [6.07, 6.45) is 5.34. The van der Waals surface area contributed by atoms with Crippen LogP contribution in [0.4, 0.5) is 0 Å². The Labute approximate surface area is 93.0 Å². The van der Waals surface area contributed by atoms with Crippen LogP contribution < -0.4 is 4.68 Å². The summed E-state index contributed by atoms with van der Waals surface area (Å²) in [5, 5.41) is 0. The second-order valence-corrected chi connectivity index (χ2v) is 4.13.